The molecule has 3 rings (SSSR count). The Balaban J connectivity index is 1.83. The van der Waals surface area contributed by atoms with Gasteiger partial charge in [0.05, 0.1) is 0 Å². The number of anilines is 2. The molecule has 2 aliphatic heterocycles. The second-order valence-electron chi connectivity index (χ2n) is 5.22. The van der Waals surface area contributed by atoms with E-state index < -0.39 is 0 Å². The van der Waals surface area contributed by atoms with Crippen LogP contribution in [-0.4, -0.2) is 36.5 Å². The van der Waals surface area contributed by atoms with Gasteiger partial charge in [0.2, 0.25) is 5.91 Å². The molecule has 1 amide bonds. The Morgan fingerprint density at radius 2 is 2.17 bits per heavy atom. The van der Waals surface area contributed by atoms with Crippen molar-refractivity contribution in [2.75, 3.05) is 30.3 Å². The molecule has 1 aromatic rings. The van der Waals surface area contributed by atoms with Crippen molar-refractivity contribution in [3.63, 3.8) is 0 Å². The second-order valence-corrected chi connectivity index (χ2v) is 5.22. The van der Waals surface area contributed by atoms with E-state index in [1.165, 1.54) is 5.69 Å². The zero-order chi connectivity index (χ0) is 12.7. The van der Waals surface area contributed by atoms with E-state index in [9.17, 15) is 4.79 Å². The number of nitrogen functional groups attached to an aromatic ring is 1. The van der Waals surface area contributed by atoms with Crippen molar-refractivity contribution in [1.82, 2.24) is 4.90 Å². The highest BCUT2D eigenvalue weighted by Gasteiger charge is 2.35. The average molecular weight is 245 g/mol. The standard InChI is InChI=1S/C14H19N3O/c1-10-12(15)3-2-4-13(10)16-7-8-17-11(9-16)5-6-14(17)18/h2-4,11H,5-9,15H2,1H3. The Bertz CT molecular complexity index is 486. The molecule has 1 aromatic carbocycles. The number of carbonyl (C=O) groups is 1. The molecule has 4 nitrogen and oxygen atoms in total. The lowest BCUT2D eigenvalue weighted by Gasteiger charge is -2.39. The van der Waals surface area contributed by atoms with E-state index in [1.54, 1.807) is 0 Å². The third-order valence-electron chi connectivity index (χ3n) is 4.18. The molecule has 2 heterocycles. The van der Waals surface area contributed by atoms with Gasteiger partial charge in [-0.15, -0.1) is 0 Å². The van der Waals surface area contributed by atoms with Crippen LogP contribution >= 0.6 is 0 Å². The summed E-state index contributed by atoms with van der Waals surface area (Å²) in [7, 11) is 0. The normalized spacial score (nSPS) is 23.4. The second kappa shape index (κ2) is 4.19. The molecule has 4 heteroatoms. The van der Waals surface area contributed by atoms with Gasteiger partial charge in [-0.3, -0.25) is 4.79 Å². The molecule has 0 radical (unpaired) electrons. The van der Waals surface area contributed by atoms with Crippen LogP contribution in [0, 0.1) is 6.92 Å². The highest BCUT2D eigenvalue weighted by Crippen LogP contribution is 2.30. The molecule has 2 saturated heterocycles. The molecule has 96 valence electrons. The third-order valence-corrected chi connectivity index (χ3v) is 4.18. The van der Waals surface area contributed by atoms with Crippen molar-refractivity contribution in [2.45, 2.75) is 25.8 Å². The fraction of sp³-hybridized carbons (Fsp3) is 0.500. The van der Waals surface area contributed by atoms with Crippen LogP contribution in [0.15, 0.2) is 18.2 Å². The summed E-state index contributed by atoms with van der Waals surface area (Å²) in [6.07, 6.45) is 1.71. The van der Waals surface area contributed by atoms with Crippen LogP contribution in [0.3, 0.4) is 0 Å². The highest BCUT2D eigenvalue weighted by molar-refractivity contribution is 5.79. The van der Waals surface area contributed by atoms with Gasteiger partial charge in [0, 0.05) is 43.5 Å². The molecule has 0 aliphatic carbocycles. The summed E-state index contributed by atoms with van der Waals surface area (Å²) in [6, 6.07) is 6.46. The first-order valence-corrected chi connectivity index (χ1v) is 6.56. The monoisotopic (exact) mass is 245 g/mol. The van der Waals surface area contributed by atoms with Crippen molar-refractivity contribution >= 4 is 17.3 Å². The van der Waals surface area contributed by atoms with E-state index in [4.69, 9.17) is 5.73 Å². The number of fused-ring (bicyclic) bond motifs is 1. The molecule has 2 N–H and O–H groups in total. The Hall–Kier alpha value is -1.71. The van der Waals surface area contributed by atoms with Gasteiger partial charge in [-0.1, -0.05) is 6.07 Å². The number of hydrogen-bond donors (Lipinski definition) is 1. The first-order chi connectivity index (χ1) is 8.66. The van der Waals surface area contributed by atoms with E-state index in [-0.39, 0.29) is 0 Å². The van der Waals surface area contributed by atoms with Gasteiger partial charge in [0.1, 0.15) is 0 Å². The van der Waals surface area contributed by atoms with Crippen LogP contribution in [-0.2, 0) is 4.79 Å². The van der Waals surface area contributed by atoms with Gasteiger partial charge < -0.3 is 15.5 Å². The summed E-state index contributed by atoms with van der Waals surface area (Å²) in [5.41, 5.74) is 9.17. The maximum Gasteiger partial charge on any atom is 0.223 e. The molecule has 18 heavy (non-hydrogen) atoms. The summed E-state index contributed by atoms with van der Waals surface area (Å²) < 4.78 is 0. The summed E-state index contributed by atoms with van der Waals surface area (Å²) in [4.78, 5) is 16.1. The Morgan fingerprint density at radius 1 is 1.33 bits per heavy atom. The largest absolute Gasteiger partial charge is 0.398 e. The van der Waals surface area contributed by atoms with Gasteiger partial charge in [-0.05, 0) is 31.0 Å². The maximum atomic E-state index is 11.7. The first-order valence-electron chi connectivity index (χ1n) is 6.56. The van der Waals surface area contributed by atoms with Crippen molar-refractivity contribution < 1.29 is 4.79 Å². The van der Waals surface area contributed by atoms with E-state index in [2.05, 4.69) is 17.9 Å². The number of piperazine rings is 1. The van der Waals surface area contributed by atoms with Crippen LogP contribution in [0.1, 0.15) is 18.4 Å². The Labute approximate surface area is 107 Å². The fourth-order valence-electron chi connectivity index (χ4n) is 3.07. The van der Waals surface area contributed by atoms with Gasteiger partial charge in [-0.25, -0.2) is 0 Å². The summed E-state index contributed by atoms with van der Waals surface area (Å²) in [6.45, 7) is 4.76. The molecule has 0 bridgehead atoms. The zero-order valence-electron chi connectivity index (χ0n) is 10.7. The molecule has 2 aliphatic rings. The minimum absolute atomic E-state index is 0.323. The molecular formula is C14H19N3O. The highest BCUT2D eigenvalue weighted by atomic mass is 16.2. The van der Waals surface area contributed by atoms with E-state index in [0.717, 1.165) is 37.3 Å². The maximum absolute atomic E-state index is 11.7. The van der Waals surface area contributed by atoms with E-state index in [1.807, 2.05) is 17.0 Å². The first kappa shape index (κ1) is 11.4. The number of carbonyl (C=O) groups excluding carboxylic acids is 1. The van der Waals surface area contributed by atoms with Crippen molar-refractivity contribution in [3.8, 4) is 0 Å². The Morgan fingerprint density at radius 3 is 3.00 bits per heavy atom. The summed E-state index contributed by atoms with van der Waals surface area (Å²) in [5, 5.41) is 0. The smallest absolute Gasteiger partial charge is 0.223 e. The molecule has 0 aromatic heterocycles. The van der Waals surface area contributed by atoms with E-state index in [0.29, 0.717) is 18.4 Å². The minimum atomic E-state index is 0.323. The zero-order valence-corrected chi connectivity index (χ0v) is 10.7. The van der Waals surface area contributed by atoms with Crippen LogP contribution in [0.2, 0.25) is 0 Å². The molecule has 1 atom stereocenters. The lowest BCUT2D eigenvalue weighted by Crippen LogP contribution is -2.51. The molecular weight excluding hydrogens is 226 g/mol. The van der Waals surface area contributed by atoms with Gasteiger partial charge in [0.15, 0.2) is 0 Å². The van der Waals surface area contributed by atoms with Crippen molar-refractivity contribution in [1.29, 1.82) is 0 Å². The van der Waals surface area contributed by atoms with Crippen LogP contribution in [0.5, 0.6) is 0 Å². The van der Waals surface area contributed by atoms with Gasteiger partial charge in [0.25, 0.3) is 0 Å². The lowest BCUT2D eigenvalue weighted by atomic mass is 10.1. The quantitative estimate of drug-likeness (QED) is 0.761. The molecule has 0 saturated carbocycles. The molecule has 2 fully saturated rings. The number of nitrogens with zero attached hydrogens (tertiary/aromatic N) is 2. The fourth-order valence-corrected chi connectivity index (χ4v) is 3.07. The van der Waals surface area contributed by atoms with Gasteiger partial charge in [-0.2, -0.15) is 0 Å². The molecule has 1 unspecified atom stereocenters. The summed E-state index contributed by atoms with van der Waals surface area (Å²) in [5.74, 6) is 0.323. The number of rotatable bonds is 1. The third kappa shape index (κ3) is 1.72. The average Bonchev–Trinajstić information content (AvgIpc) is 2.74. The van der Waals surface area contributed by atoms with Crippen LogP contribution < -0.4 is 10.6 Å². The summed E-state index contributed by atoms with van der Waals surface area (Å²) >= 11 is 0. The van der Waals surface area contributed by atoms with Crippen LogP contribution in [0.4, 0.5) is 11.4 Å². The molecule has 0 spiro atoms. The number of hydrogen-bond acceptors (Lipinski definition) is 3. The van der Waals surface area contributed by atoms with Crippen molar-refractivity contribution in [2.24, 2.45) is 0 Å². The lowest BCUT2D eigenvalue weighted by molar-refractivity contribution is -0.129. The van der Waals surface area contributed by atoms with E-state index >= 15 is 0 Å². The number of nitrogens with two attached hydrogens (primary N) is 1. The number of amides is 1. The number of benzene rings is 1. The minimum Gasteiger partial charge on any atom is -0.398 e. The van der Waals surface area contributed by atoms with Crippen molar-refractivity contribution in [3.05, 3.63) is 23.8 Å². The van der Waals surface area contributed by atoms with Gasteiger partial charge >= 0.3 is 0 Å². The Kier molecular flexibility index (Phi) is 2.65. The topological polar surface area (TPSA) is 49.6 Å². The SMILES string of the molecule is Cc1c(N)cccc1N1CCN2C(=O)CCC2C1. The predicted molar refractivity (Wildman–Crippen MR) is 72.5 cm³/mol. The predicted octanol–water partition coefficient (Wildman–Crippen LogP) is 1.39. The van der Waals surface area contributed by atoms with Crippen LogP contribution in [0.25, 0.3) is 0 Å².